The predicted octanol–water partition coefficient (Wildman–Crippen LogP) is -1.79. The van der Waals surface area contributed by atoms with E-state index in [2.05, 4.69) is 10.7 Å². The summed E-state index contributed by atoms with van der Waals surface area (Å²) in [5.41, 5.74) is 2.32. The van der Waals surface area contributed by atoms with Crippen LogP contribution in [-0.2, 0) is 4.79 Å². The smallest absolute Gasteiger partial charge is 0.334 e. The van der Waals surface area contributed by atoms with Crippen molar-refractivity contribution in [2.24, 2.45) is 0 Å². The quantitative estimate of drug-likeness (QED) is 0.393. The maximum atomic E-state index is 10.8. The minimum Gasteiger partial charge on any atom is -0.479 e. The Balaban J connectivity index is 3.64. The first kappa shape index (κ1) is 11.7. The van der Waals surface area contributed by atoms with Gasteiger partial charge in [-0.3, -0.25) is 5.43 Å². The Kier molecular flexibility index (Phi) is 4.78. The van der Waals surface area contributed by atoms with E-state index in [1.807, 2.05) is 0 Å². The molecule has 0 spiro atoms. The number of nitrogens with zero attached hydrogens (tertiary/aromatic N) is 1. The molecule has 0 aromatic carbocycles. The third-order valence-electron chi connectivity index (χ3n) is 1.07. The molecule has 76 valence electrons. The van der Waals surface area contributed by atoms with Gasteiger partial charge in [-0.05, 0) is 0 Å². The lowest BCUT2D eigenvalue weighted by Gasteiger charge is -2.13. The Morgan fingerprint density at radius 2 is 2.00 bits per heavy atom. The zero-order chi connectivity index (χ0) is 10.4. The second-order valence-electron chi connectivity index (χ2n) is 2.57. The van der Waals surface area contributed by atoms with Crippen LogP contribution in [0.25, 0.3) is 0 Å². The van der Waals surface area contributed by atoms with Crippen molar-refractivity contribution in [2.45, 2.75) is 6.10 Å². The van der Waals surface area contributed by atoms with Crippen LogP contribution >= 0.6 is 0 Å². The van der Waals surface area contributed by atoms with Crippen molar-refractivity contribution in [2.75, 3.05) is 20.6 Å². The molecule has 0 aliphatic carbocycles. The second kappa shape index (κ2) is 5.33. The van der Waals surface area contributed by atoms with Gasteiger partial charge in [-0.15, -0.1) is 0 Å². The summed E-state index contributed by atoms with van der Waals surface area (Å²) in [4.78, 5) is 20.9. The molecule has 7 nitrogen and oxygen atoms in total. The lowest BCUT2D eigenvalue weighted by Crippen LogP contribution is -2.46. The van der Waals surface area contributed by atoms with E-state index in [-0.39, 0.29) is 6.54 Å². The molecule has 2 amide bonds. The second-order valence-corrected chi connectivity index (χ2v) is 2.57. The van der Waals surface area contributed by atoms with Crippen LogP contribution in [0.4, 0.5) is 4.79 Å². The van der Waals surface area contributed by atoms with Crippen molar-refractivity contribution < 1.29 is 19.8 Å². The number of amides is 2. The number of aliphatic carboxylic acids is 1. The zero-order valence-corrected chi connectivity index (χ0v) is 7.44. The molecule has 0 saturated carbocycles. The van der Waals surface area contributed by atoms with Gasteiger partial charge in [0.1, 0.15) is 0 Å². The molecular weight excluding hydrogens is 178 g/mol. The van der Waals surface area contributed by atoms with E-state index in [1.165, 1.54) is 5.01 Å². The molecule has 0 radical (unpaired) electrons. The number of aliphatic hydroxyl groups excluding tert-OH is 1. The number of aliphatic hydroxyl groups is 1. The highest BCUT2D eigenvalue weighted by Gasteiger charge is 2.13. The monoisotopic (exact) mass is 191 g/mol. The maximum absolute atomic E-state index is 10.8. The number of hydrazine groups is 1. The number of hydrogen-bond acceptors (Lipinski definition) is 4. The number of carbonyl (C=O) groups excluding carboxylic acids is 1. The highest BCUT2D eigenvalue weighted by atomic mass is 16.4. The molecule has 1 unspecified atom stereocenters. The van der Waals surface area contributed by atoms with E-state index in [0.717, 1.165) is 0 Å². The van der Waals surface area contributed by atoms with Crippen LogP contribution in [0, 0.1) is 0 Å². The number of rotatable bonds is 4. The third kappa shape index (κ3) is 5.88. The van der Waals surface area contributed by atoms with E-state index in [4.69, 9.17) is 10.2 Å². The third-order valence-corrected chi connectivity index (χ3v) is 1.07. The van der Waals surface area contributed by atoms with Crippen molar-refractivity contribution in [1.82, 2.24) is 15.8 Å². The highest BCUT2D eigenvalue weighted by Crippen LogP contribution is 1.79. The first-order valence-electron chi connectivity index (χ1n) is 3.56. The standard InChI is InChI=1S/C6H13N3O4/c1-9(2)8-6(13)7-3-4(10)5(11)12/h4,10H,3H2,1-2H3,(H,11,12)(H2,7,8,13). The number of nitrogens with one attached hydrogen (secondary N) is 2. The first-order chi connectivity index (χ1) is 5.93. The highest BCUT2D eigenvalue weighted by molar-refractivity contribution is 5.76. The molecule has 4 N–H and O–H groups in total. The number of carboxylic acid groups (broad SMARTS) is 1. The van der Waals surface area contributed by atoms with Gasteiger partial charge >= 0.3 is 12.0 Å². The number of hydrogen-bond donors (Lipinski definition) is 4. The van der Waals surface area contributed by atoms with Crippen molar-refractivity contribution in [3.63, 3.8) is 0 Å². The molecular formula is C6H13N3O4. The average molecular weight is 191 g/mol. The van der Waals surface area contributed by atoms with Gasteiger partial charge in [-0.1, -0.05) is 0 Å². The number of urea groups is 1. The Labute approximate surface area is 75.3 Å². The van der Waals surface area contributed by atoms with Gasteiger partial charge in [0.25, 0.3) is 0 Å². The van der Waals surface area contributed by atoms with E-state index < -0.39 is 18.1 Å². The predicted molar refractivity (Wildman–Crippen MR) is 43.9 cm³/mol. The van der Waals surface area contributed by atoms with E-state index in [1.54, 1.807) is 14.1 Å². The Hall–Kier alpha value is -1.34. The topological polar surface area (TPSA) is 102 Å². The molecule has 0 fully saturated rings. The molecule has 0 heterocycles. The van der Waals surface area contributed by atoms with Gasteiger partial charge in [0.2, 0.25) is 0 Å². The molecule has 0 bridgehead atoms. The van der Waals surface area contributed by atoms with E-state index in [0.29, 0.717) is 0 Å². The van der Waals surface area contributed by atoms with Crippen molar-refractivity contribution in [3.8, 4) is 0 Å². The zero-order valence-electron chi connectivity index (χ0n) is 7.44. The SMILES string of the molecule is CN(C)NC(=O)NCC(O)C(=O)O. The van der Waals surface area contributed by atoms with Crippen LogP contribution in [0.3, 0.4) is 0 Å². The number of carboxylic acids is 1. The van der Waals surface area contributed by atoms with Gasteiger partial charge in [-0.2, -0.15) is 0 Å². The average Bonchev–Trinajstić information content (AvgIpc) is 1.98. The van der Waals surface area contributed by atoms with Crippen LogP contribution in [0.15, 0.2) is 0 Å². The van der Waals surface area contributed by atoms with Crippen LogP contribution in [-0.4, -0.2) is 54.0 Å². The molecule has 0 aliphatic rings. The van der Waals surface area contributed by atoms with Gasteiger partial charge < -0.3 is 15.5 Å². The van der Waals surface area contributed by atoms with Gasteiger partial charge in [0, 0.05) is 14.1 Å². The summed E-state index contributed by atoms with van der Waals surface area (Å²) in [6.45, 7) is -0.324. The Morgan fingerprint density at radius 1 is 1.46 bits per heavy atom. The lowest BCUT2D eigenvalue weighted by molar-refractivity contribution is -0.146. The first-order valence-corrected chi connectivity index (χ1v) is 3.56. The van der Waals surface area contributed by atoms with Gasteiger partial charge in [0.15, 0.2) is 6.10 Å². The summed E-state index contributed by atoms with van der Waals surface area (Å²) in [6, 6.07) is -0.565. The maximum Gasteiger partial charge on any atom is 0.334 e. The largest absolute Gasteiger partial charge is 0.479 e. The Morgan fingerprint density at radius 3 is 2.38 bits per heavy atom. The molecule has 1 atom stereocenters. The summed E-state index contributed by atoms with van der Waals surface area (Å²) in [7, 11) is 3.21. The summed E-state index contributed by atoms with van der Waals surface area (Å²) in [5, 5.41) is 20.6. The van der Waals surface area contributed by atoms with Crippen molar-refractivity contribution in [1.29, 1.82) is 0 Å². The summed E-state index contributed by atoms with van der Waals surface area (Å²) >= 11 is 0. The van der Waals surface area contributed by atoms with Crippen LogP contribution in [0.2, 0.25) is 0 Å². The molecule has 0 aliphatic heterocycles. The van der Waals surface area contributed by atoms with Crippen LogP contribution in [0.1, 0.15) is 0 Å². The van der Waals surface area contributed by atoms with Gasteiger partial charge in [-0.25, -0.2) is 14.6 Å². The number of carbonyl (C=O) groups is 2. The fourth-order valence-electron chi connectivity index (χ4n) is 0.519. The normalized spacial score (nSPS) is 12.3. The fourth-order valence-corrected chi connectivity index (χ4v) is 0.519. The molecule has 13 heavy (non-hydrogen) atoms. The van der Waals surface area contributed by atoms with Gasteiger partial charge in [0.05, 0.1) is 6.54 Å². The minimum absolute atomic E-state index is 0.324. The summed E-state index contributed by atoms with van der Waals surface area (Å²) in [5.74, 6) is -1.37. The van der Waals surface area contributed by atoms with E-state index in [9.17, 15) is 9.59 Å². The van der Waals surface area contributed by atoms with Crippen molar-refractivity contribution in [3.05, 3.63) is 0 Å². The molecule has 0 saturated heterocycles. The minimum atomic E-state index is -1.58. The lowest BCUT2D eigenvalue weighted by atomic mass is 10.4. The van der Waals surface area contributed by atoms with E-state index >= 15 is 0 Å². The fraction of sp³-hybridized carbons (Fsp3) is 0.667. The van der Waals surface area contributed by atoms with Crippen LogP contribution < -0.4 is 10.7 Å². The Bertz CT molecular complexity index is 194. The molecule has 0 aromatic heterocycles. The molecule has 0 aromatic rings. The summed E-state index contributed by atoms with van der Waals surface area (Å²) in [6.07, 6.45) is -1.58. The van der Waals surface area contributed by atoms with Crippen molar-refractivity contribution >= 4 is 12.0 Å². The van der Waals surface area contributed by atoms with Crippen LogP contribution in [0.5, 0.6) is 0 Å². The molecule has 0 rings (SSSR count). The molecule has 7 heteroatoms. The summed E-state index contributed by atoms with van der Waals surface area (Å²) < 4.78 is 0.